The van der Waals surface area contributed by atoms with Crippen LogP contribution in [0.25, 0.3) is 0 Å². The molecule has 7 heteroatoms. The number of ether oxygens (including phenoxy) is 1. The molecule has 5 rings (SSSR count). The molecule has 3 heterocycles. The molecular weight excluding hydrogens is 360 g/mol. The predicted octanol–water partition coefficient (Wildman–Crippen LogP) is 3.32. The Labute approximate surface area is 162 Å². The summed E-state index contributed by atoms with van der Waals surface area (Å²) in [5.41, 5.74) is 2.38. The number of methoxy groups -OCH3 is 1. The van der Waals surface area contributed by atoms with E-state index >= 15 is 0 Å². The van der Waals surface area contributed by atoms with Crippen LogP contribution in [0.5, 0.6) is 0 Å². The summed E-state index contributed by atoms with van der Waals surface area (Å²) in [7, 11) is 1.51. The van der Waals surface area contributed by atoms with E-state index in [1.807, 2.05) is 0 Å². The van der Waals surface area contributed by atoms with E-state index in [4.69, 9.17) is 4.74 Å². The number of aromatic nitrogens is 2. The number of nitrogens with zero attached hydrogens (tertiary/aromatic N) is 3. The van der Waals surface area contributed by atoms with Crippen molar-refractivity contribution in [1.29, 1.82) is 0 Å². The smallest absolute Gasteiger partial charge is 0.309 e. The Hall–Kier alpha value is -2.12. The van der Waals surface area contributed by atoms with Crippen LogP contribution < -0.4 is 5.32 Å². The second-order valence-electron chi connectivity index (χ2n) is 7.61. The van der Waals surface area contributed by atoms with Gasteiger partial charge in [-0.15, -0.1) is 0 Å². The lowest BCUT2D eigenvalue weighted by Crippen LogP contribution is -2.44. The minimum Gasteiger partial charge on any atom is -0.469 e. The van der Waals surface area contributed by atoms with Crippen LogP contribution in [0.15, 0.2) is 40.5 Å². The Balaban J connectivity index is 1.30. The number of fused-ring (bicyclic) bond motifs is 4. The zero-order valence-electron chi connectivity index (χ0n) is 15.2. The summed E-state index contributed by atoms with van der Waals surface area (Å²) < 4.78 is 5.04. The van der Waals surface area contributed by atoms with Crippen molar-refractivity contribution in [2.75, 3.05) is 25.5 Å². The largest absolute Gasteiger partial charge is 0.469 e. The van der Waals surface area contributed by atoms with Crippen molar-refractivity contribution < 1.29 is 9.53 Å². The molecule has 2 unspecified atom stereocenters. The highest BCUT2D eigenvalue weighted by molar-refractivity contribution is 7.99. The van der Waals surface area contributed by atoms with Crippen molar-refractivity contribution in [3.05, 3.63) is 36.2 Å². The molecule has 0 amide bonds. The number of carbonyl (C=O) groups excluding carboxylic acids is 1. The maximum absolute atomic E-state index is 12.1. The highest BCUT2D eigenvalue weighted by Crippen LogP contribution is 2.44. The van der Waals surface area contributed by atoms with E-state index < -0.39 is 0 Å². The maximum Gasteiger partial charge on any atom is 0.309 e. The molecule has 2 bridgehead atoms. The molecule has 1 saturated heterocycles. The summed E-state index contributed by atoms with van der Waals surface area (Å²) >= 11 is 1.65. The zero-order chi connectivity index (χ0) is 18.4. The van der Waals surface area contributed by atoms with Crippen molar-refractivity contribution >= 4 is 29.2 Å². The average Bonchev–Trinajstić information content (AvgIpc) is 2.96. The van der Waals surface area contributed by atoms with Gasteiger partial charge in [-0.2, -0.15) is 0 Å². The van der Waals surface area contributed by atoms with E-state index in [1.165, 1.54) is 17.6 Å². The van der Waals surface area contributed by atoms with Crippen LogP contribution in [0.4, 0.5) is 11.5 Å². The SMILES string of the molecule is COC(=O)C1C2CCC1CN(Cc1ccc3c(c1)Nc1nccnc1S3)C2. The van der Waals surface area contributed by atoms with Gasteiger partial charge < -0.3 is 10.1 Å². The van der Waals surface area contributed by atoms with E-state index in [0.717, 1.165) is 49.0 Å². The monoisotopic (exact) mass is 382 g/mol. The lowest BCUT2D eigenvalue weighted by molar-refractivity contribution is -0.150. The number of nitrogens with one attached hydrogen (secondary N) is 1. The van der Waals surface area contributed by atoms with Gasteiger partial charge in [-0.1, -0.05) is 17.8 Å². The van der Waals surface area contributed by atoms with E-state index in [2.05, 4.69) is 38.4 Å². The van der Waals surface area contributed by atoms with E-state index in [1.54, 1.807) is 24.2 Å². The first kappa shape index (κ1) is 17.0. The number of hydrogen-bond acceptors (Lipinski definition) is 7. The molecule has 2 atom stereocenters. The molecule has 2 aliphatic heterocycles. The maximum atomic E-state index is 12.1. The van der Waals surface area contributed by atoms with Crippen molar-refractivity contribution in [2.45, 2.75) is 29.3 Å². The predicted molar refractivity (Wildman–Crippen MR) is 103 cm³/mol. The molecule has 2 aromatic rings. The van der Waals surface area contributed by atoms with Crippen LogP contribution in [0.3, 0.4) is 0 Å². The zero-order valence-corrected chi connectivity index (χ0v) is 16.0. The number of anilines is 2. The topological polar surface area (TPSA) is 67.3 Å². The summed E-state index contributed by atoms with van der Waals surface area (Å²) in [5, 5.41) is 4.32. The highest BCUT2D eigenvalue weighted by atomic mass is 32.2. The van der Waals surface area contributed by atoms with Gasteiger partial charge in [-0.3, -0.25) is 9.69 Å². The van der Waals surface area contributed by atoms with E-state index in [-0.39, 0.29) is 11.9 Å². The number of hydrogen-bond donors (Lipinski definition) is 1. The number of piperidine rings is 1. The van der Waals surface area contributed by atoms with E-state index in [0.29, 0.717) is 11.8 Å². The van der Waals surface area contributed by atoms with Crippen molar-refractivity contribution in [1.82, 2.24) is 14.9 Å². The van der Waals surface area contributed by atoms with Gasteiger partial charge in [0, 0.05) is 36.9 Å². The Morgan fingerprint density at radius 3 is 2.81 bits per heavy atom. The molecule has 27 heavy (non-hydrogen) atoms. The Kier molecular flexibility index (Phi) is 4.28. The molecule has 140 valence electrons. The van der Waals surface area contributed by atoms with Gasteiger partial charge in [-0.05, 0) is 42.4 Å². The normalized spacial score (nSPS) is 26.0. The first-order valence-corrected chi connectivity index (χ1v) is 10.2. The molecule has 1 saturated carbocycles. The molecule has 0 radical (unpaired) electrons. The van der Waals surface area contributed by atoms with Crippen LogP contribution in [-0.2, 0) is 16.1 Å². The highest BCUT2D eigenvalue weighted by Gasteiger charge is 2.46. The first-order chi connectivity index (χ1) is 13.2. The Morgan fingerprint density at radius 2 is 2.04 bits per heavy atom. The van der Waals surface area contributed by atoms with Crippen LogP contribution in [0.1, 0.15) is 18.4 Å². The number of likely N-dealkylation sites (tertiary alicyclic amines) is 1. The third kappa shape index (κ3) is 3.08. The summed E-state index contributed by atoms with van der Waals surface area (Å²) in [5.74, 6) is 1.78. The van der Waals surface area contributed by atoms with Gasteiger partial charge in [0.1, 0.15) is 5.03 Å². The molecule has 1 aromatic carbocycles. The standard InChI is InChI=1S/C20H22N4O2S/c1-26-20(25)17-13-3-4-14(17)11-24(10-13)9-12-2-5-16-15(8-12)23-18-19(27-16)22-7-6-21-18/h2,5-8,13-14,17H,3-4,9-11H2,1H3,(H,21,23). The third-order valence-corrected chi connectivity index (χ3v) is 7.03. The number of esters is 1. The van der Waals surface area contributed by atoms with Crippen molar-refractivity contribution in [3.63, 3.8) is 0 Å². The van der Waals surface area contributed by atoms with Crippen molar-refractivity contribution in [2.24, 2.45) is 17.8 Å². The molecule has 1 N–H and O–H groups in total. The molecule has 1 aliphatic carbocycles. The quantitative estimate of drug-likeness (QED) is 0.697. The van der Waals surface area contributed by atoms with Gasteiger partial charge in [0.2, 0.25) is 0 Å². The van der Waals surface area contributed by atoms with Crippen LogP contribution in [0, 0.1) is 17.8 Å². The van der Waals surface area contributed by atoms with Crippen LogP contribution in [0.2, 0.25) is 0 Å². The van der Waals surface area contributed by atoms with Gasteiger partial charge >= 0.3 is 5.97 Å². The second kappa shape index (κ2) is 6.80. The fourth-order valence-electron chi connectivity index (χ4n) is 4.81. The summed E-state index contributed by atoms with van der Waals surface area (Å²) in [4.78, 5) is 24.5. The lowest BCUT2D eigenvalue weighted by Gasteiger charge is -2.36. The lowest BCUT2D eigenvalue weighted by atomic mass is 9.85. The van der Waals surface area contributed by atoms with Gasteiger partial charge in [0.15, 0.2) is 5.82 Å². The Bertz CT molecular complexity index is 876. The molecule has 3 aliphatic rings. The minimum atomic E-state index is -0.0167. The molecule has 6 nitrogen and oxygen atoms in total. The number of carbonyl (C=O) groups is 1. The van der Waals surface area contributed by atoms with Gasteiger partial charge in [-0.25, -0.2) is 9.97 Å². The number of benzene rings is 1. The Morgan fingerprint density at radius 1 is 1.26 bits per heavy atom. The number of rotatable bonds is 3. The fraction of sp³-hybridized carbons (Fsp3) is 0.450. The molecule has 2 fully saturated rings. The molecular formula is C20H22N4O2S. The summed E-state index contributed by atoms with van der Waals surface area (Å²) in [6, 6.07) is 6.58. The summed E-state index contributed by atoms with van der Waals surface area (Å²) in [6.07, 6.45) is 5.71. The molecule has 0 spiro atoms. The first-order valence-electron chi connectivity index (χ1n) is 9.40. The van der Waals surface area contributed by atoms with Crippen molar-refractivity contribution in [3.8, 4) is 0 Å². The van der Waals surface area contributed by atoms with E-state index in [9.17, 15) is 4.79 Å². The third-order valence-electron chi connectivity index (χ3n) is 5.96. The second-order valence-corrected chi connectivity index (χ2v) is 8.64. The molecule has 1 aromatic heterocycles. The van der Waals surface area contributed by atoms with Gasteiger partial charge in [0.05, 0.1) is 18.7 Å². The average molecular weight is 382 g/mol. The minimum absolute atomic E-state index is 0.0167. The fourth-order valence-corrected chi connectivity index (χ4v) is 5.69. The van der Waals surface area contributed by atoms with Gasteiger partial charge in [0.25, 0.3) is 0 Å². The summed E-state index contributed by atoms with van der Waals surface area (Å²) in [6.45, 7) is 2.86. The van der Waals surface area contributed by atoms with Crippen LogP contribution in [-0.4, -0.2) is 41.0 Å². The van der Waals surface area contributed by atoms with Crippen LogP contribution >= 0.6 is 11.8 Å².